The second-order valence-corrected chi connectivity index (χ2v) is 5.24. The third kappa shape index (κ3) is 6.59. The second-order valence-electron chi connectivity index (χ2n) is 4.02. The van der Waals surface area contributed by atoms with Crippen molar-refractivity contribution in [2.75, 3.05) is 18.1 Å². The number of hydrogen-bond donors (Lipinski definition) is 1. The third-order valence-corrected chi connectivity index (χ3v) is 3.58. The molecule has 96 valence electrons. The van der Waals surface area contributed by atoms with Crippen molar-refractivity contribution in [3.05, 3.63) is 29.8 Å². The molecule has 0 saturated heterocycles. The predicted octanol–water partition coefficient (Wildman–Crippen LogP) is 3.45. The lowest BCUT2D eigenvalue weighted by Crippen LogP contribution is -2.01. The number of benzene rings is 1. The van der Waals surface area contributed by atoms with E-state index < -0.39 is 0 Å². The summed E-state index contributed by atoms with van der Waals surface area (Å²) in [5, 5.41) is 0. The maximum Gasteiger partial charge on any atom is 0.119 e. The Morgan fingerprint density at radius 1 is 1.12 bits per heavy atom. The summed E-state index contributed by atoms with van der Waals surface area (Å²) in [4.78, 5) is 0. The molecule has 0 spiro atoms. The number of hydrogen-bond acceptors (Lipinski definition) is 3. The number of rotatable bonds is 9. The van der Waals surface area contributed by atoms with Gasteiger partial charge in [0.2, 0.25) is 0 Å². The van der Waals surface area contributed by atoms with Gasteiger partial charge in [0.15, 0.2) is 0 Å². The van der Waals surface area contributed by atoms with Crippen LogP contribution in [0.25, 0.3) is 0 Å². The zero-order valence-electron chi connectivity index (χ0n) is 10.7. The van der Waals surface area contributed by atoms with Crippen LogP contribution in [-0.2, 0) is 6.54 Å². The van der Waals surface area contributed by atoms with Gasteiger partial charge in [-0.3, -0.25) is 0 Å². The Morgan fingerprint density at radius 2 is 1.88 bits per heavy atom. The first-order valence-corrected chi connectivity index (χ1v) is 7.52. The smallest absolute Gasteiger partial charge is 0.119 e. The van der Waals surface area contributed by atoms with E-state index in [9.17, 15) is 0 Å². The number of ether oxygens (including phenoxy) is 1. The zero-order chi connectivity index (χ0) is 12.3. The molecule has 0 aliphatic heterocycles. The van der Waals surface area contributed by atoms with E-state index in [4.69, 9.17) is 10.5 Å². The van der Waals surface area contributed by atoms with Crippen LogP contribution in [0.5, 0.6) is 5.75 Å². The van der Waals surface area contributed by atoms with E-state index in [0.29, 0.717) is 6.54 Å². The van der Waals surface area contributed by atoms with Gasteiger partial charge in [-0.25, -0.2) is 0 Å². The van der Waals surface area contributed by atoms with Gasteiger partial charge in [-0.05, 0) is 29.9 Å². The Morgan fingerprint density at radius 3 is 2.53 bits per heavy atom. The molecule has 0 amide bonds. The third-order valence-electron chi connectivity index (χ3n) is 2.55. The molecular weight excluding hydrogens is 230 g/mol. The molecule has 0 unspecified atom stereocenters. The van der Waals surface area contributed by atoms with E-state index in [-0.39, 0.29) is 0 Å². The van der Waals surface area contributed by atoms with Gasteiger partial charge >= 0.3 is 0 Å². The molecular formula is C14H23NOS. The minimum Gasteiger partial charge on any atom is -0.493 e. The molecule has 3 heteroatoms. The van der Waals surface area contributed by atoms with Gasteiger partial charge in [0.1, 0.15) is 5.75 Å². The van der Waals surface area contributed by atoms with Gasteiger partial charge in [0, 0.05) is 12.3 Å². The van der Waals surface area contributed by atoms with Crippen LogP contribution in [0.3, 0.4) is 0 Å². The van der Waals surface area contributed by atoms with Crippen molar-refractivity contribution >= 4 is 11.8 Å². The maximum absolute atomic E-state index is 5.65. The highest BCUT2D eigenvalue weighted by Crippen LogP contribution is 2.13. The molecule has 0 aliphatic carbocycles. The lowest BCUT2D eigenvalue weighted by Gasteiger charge is -2.06. The maximum atomic E-state index is 5.65. The molecule has 0 atom stereocenters. The van der Waals surface area contributed by atoms with Crippen molar-refractivity contribution in [2.24, 2.45) is 5.73 Å². The van der Waals surface area contributed by atoms with E-state index in [1.54, 1.807) is 0 Å². The lowest BCUT2D eigenvalue weighted by atomic mass is 10.2. The van der Waals surface area contributed by atoms with E-state index >= 15 is 0 Å². The molecule has 1 aromatic rings. The first-order chi connectivity index (χ1) is 8.36. The molecule has 1 rings (SSSR count). The van der Waals surface area contributed by atoms with Crippen LogP contribution in [0.15, 0.2) is 24.3 Å². The summed E-state index contributed by atoms with van der Waals surface area (Å²) >= 11 is 1.98. The molecule has 2 N–H and O–H groups in total. The number of nitrogens with two attached hydrogens (primary N) is 1. The first-order valence-electron chi connectivity index (χ1n) is 6.36. The van der Waals surface area contributed by atoms with Crippen LogP contribution in [0.1, 0.15) is 31.7 Å². The van der Waals surface area contributed by atoms with Crippen molar-refractivity contribution in [2.45, 2.75) is 32.7 Å². The summed E-state index contributed by atoms with van der Waals surface area (Å²) < 4.78 is 5.65. The average molecular weight is 253 g/mol. The summed E-state index contributed by atoms with van der Waals surface area (Å²) in [6.45, 7) is 3.62. The van der Waals surface area contributed by atoms with E-state index in [0.717, 1.165) is 23.7 Å². The van der Waals surface area contributed by atoms with Gasteiger partial charge in [-0.15, -0.1) is 0 Å². The standard InChI is InChI=1S/C14H23NOS/c1-2-3-4-10-17-11-9-16-14-7-5-13(12-15)6-8-14/h5-8H,2-4,9-12,15H2,1H3. The molecule has 0 saturated carbocycles. The Balaban J connectivity index is 2.05. The van der Waals surface area contributed by atoms with Crippen LogP contribution in [0.4, 0.5) is 0 Å². The van der Waals surface area contributed by atoms with Gasteiger partial charge in [-0.1, -0.05) is 31.9 Å². The highest BCUT2D eigenvalue weighted by molar-refractivity contribution is 7.99. The fourth-order valence-electron chi connectivity index (χ4n) is 1.50. The fourth-order valence-corrected chi connectivity index (χ4v) is 2.31. The van der Waals surface area contributed by atoms with E-state index in [2.05, 4.69) is 6.92 Å². The largest absolute Gasteiger partial charge is 0.493 e. The van der Waals surface area contributed by atoms with Crippen LogP contribution in [0.2, 0.25) is 0 Å². The Bertz CT molecular complexity index is 287. The molecule has 1 aromatic carbocycles. The Hall–Kier alpha value is -0.670. The van der Waals surface area contributed by atoms with Crippen LogP contribution < -0.4 is 10.5 Å². The summed E-state index contributed by atoms with van der Waals surface area (Å²) in [5.41, 5.74) is 6.68. The zero-order valence-corrected chi connectivity index (χ0v) is 11.5. The summed E-state index contributed by atoms with van der Waals surface area (Å²) in [7, 11) is 0. The highest BCUT2D eigenvalue weighted by atomic mass is 32.2. The molecule has 0 fully saturated rings. The fraction of sp³-hybridized carbons (Fsp3) is 0.571. The Labute approximate surface area is 109 Å². The average Bonchev–Trinajstić information content (AvgIpc) is 2.38. The van der Waals surface area contributed by atoms with Crippen molar-refractivity contribution in [3.8, 4) is 5.75 Å². The normalized spacial score (nSPS) is 10.5. The number of thioether (sulfide) groups is 1. The predicted molar refractivity (Wildman–Crippen MR) is 76.7 cm³/mol. The van der Waals surface area contributed by atoms with Crippen LogP contribution in [0, 0.1) is 0 Å². The topological polar surface area (TPSA) is 35.2 Å². The molecule has 2 nitrogen and oxygen atoms in total. The second kappa shape index (κ2) is 9.37. The number of unbranched alkanes of at least 4 members (excludes halogenated alkanes) is 2. The van der Waals surface area contributed by atoms with Crippen molar-refractivity contribution in [1.29, 1.82) is 0 Å². The minimum atomic E-state index is 0.591. The SMILES string of the molecule is CCCCCSCCOc1ccc(CN)cc1. The molecule has 0 aromatic heterocycles. The van der Waals surface area contributed by atoms with Crippen molar-refractivity contribution < 1.29 is 4.74 Å². The van der Waals surface area contributed by atoms with Gasteiger partial charge in [0.25, 0.3) is 0 Å². The minimum absolute atomic E-state index is 0.591. The molecule has 17 heavy (non-hydrogen) atoms. The van der Waals surface area contributed by atoms with Gasteiger partial charge in [0.05, 0.1) is 6.61 Å². The molecule has 0 bridgehead atoms. The molecule has 0 aliphatic rings. The lowest BCUT2D eigenvalue weighted by molar-refractivity contribution is 0.344. The van der Waals surface area contributed by atoms with E-state index in [1.807, 2.05) is 36.0 Å². The van der Waals surface area contributed by atoms with Crippen LogP contribution >= 0.6 is 11.8 Å². The first kappa shape index (κ1) is 14.4. The highest BCUT2D eigenvalue weighted by Gasteiger charge is 1.95. The van der Waals surface area contributed by atoms with Crippen LogP contribution in [-0.4, -0.2) is 18.1 Å². The quantitative estimate of drug-likeness (QED) is 0.685. The van der Waals surface area contributed by atoms with Gasteiger partial charge < -0.3 is 10.5 Å². The molecule has 0 radical (unpaired) electrons. The van der Waals surface area contributed by atoms with Gasteiger partial charge in [-0.2, -0.15) is 11.8 Å². The van der Waals surface area contributed by atoms with E-state index in [1.165, 1.54) is 25.0 Å². The summed E-state index contributed by atoms with van der Waals surface area (Å²) in [5.74, 6) is 3.27. The molecule has 0 heterocycles. The monoisotopic (exact) mass is 253 g/mol. The van der Waals surface area contributed by atoms with Crippen molar-refractivity contribution in [3.63, 3.8) is 0 Å². The van der Waals surface area contributed by atoms with Crippen molar-refractivity contribution in [1.82, 2.24) is 0 Å². The summed E-state index contributed by atoms with van der Waals surface area (Å²) in [6.07, 6.45) is 3.96. The summed E-state index contributed by atoms with van der Waals surface area (Å²) in [6, 6.07) is 8.02. The Kier molecular flexibility index (Phi) is 7.93.